The second-order valence-corrected chi connectivity index (χ2v) is 21.7. The van der Waals surface area contributed by atoms with Gasteiger partial charge in [0, 0.05) is 12.8 Å². The Balaban J connectivity index is 3.44. The van der Waals surface area contributed by atoms with Gasteiger partial charge in [0.05, 0.1) is 25.4 Å². The fourth-order valence-corrected chi connectivity index (χ4v) is 9.78. The van der Waals surface area contributed by atoms with E-state index in [1.165, 1.54) is 263 Å². The zero-order valence-corrected chi connectivity index (χ0v) is 47.7. The fraction of sp³-hybridized carbons (Fsp3) is 0.877. The summed E-state index contributed by atoms with van der Waals surface area (Å²) in [6.45, 7) is 4.90. The van der Waals surface area contributed by atoms with Crippen LogP contribution in [0.15, 0.2) is 36.5 Å². The Morgan fingerprint density at radius 2 is 0.704 bits per heavy atom. The molecular formula is C65H123NO5. The maximum absolute atomic E-state index is 12.5. The molecule has 1 amide bonds. The number of aliphatic hydroxyl groups is 2. The number of carbonyl (C=O) groups excluding carboxylic acids is 2. The third-order valence-corrected chi connectivity index (χ3v) is 14.7. The van der Waals surface area contributed by atoms with E-state index in [2.05, 4.69) is 43.5 Å². The molecule has 0 aliphatic rings. The molecule has 3 N–H and O–H groups in total. The Morgan fingerprint density at radius 3 is 1.08 bits per heavy atom. The van der Waals surface area contributed by atoms with E-state index in [-0.39, 0.29) is 18.5 Å². The zero-order chi connectivity index (χ0) is 51.4. The van der Waals surface area contributed by atoms with Gasteiger partial charge in [0.2, 0.25) is 5.91 Å². The molecule has 0 radical (unpaired) electrons. The monoisotopic (exact) mass is 998 g/mol. The minimum Gasteiger partial charge on any atom is -0.466 e. The lowest BCUT2D eigenvalue weighted by molar-refractivity contribution is -0.143. The first-order chi connectivity index (χ1) is 35.0. The van der Waals surface area contributed by atoms with E-state index in [0.717, 1.165) is 51.4 Å². The molecule has 0 saturated carbocycles. The molecule has 6 heteroatoms. The van der Waals surface area contributed by atoms with Crippen molar-refractivity contribution in [2.24, 2.45) is 0 Å². The number of rotatable bonds is 59. The lowest BCUT2D eigenvalue weighted by Gasteiger charge is -2.20. The summed E-state index contributed by atoms with van der Waals surface area (Å²) in [5, 5.41) is 23.2. The number of nitrogens with one attached hydrogen (secondary N) is 1. The molecule has 0 aromatic carbocycles. The number of esters is 1. The first kappa shape index (κ1) is 69.1. The average Bonchev–Trinajstić information content (AvgIpc) is 3.37. The van der Waals surface area contributed by atoms with Crippen molar-refractivity contribution in [3.05, 3.63) is 36.5 Å². The highest BCUT2D eigenvalue weighted by atomic mass is 16.5. The topological polar surface area (TPSA) is 95.9 Å². The zero-order valence-electron chi connectivity index (χ0n) is 47.7. The van der Waals surface area contributed by atoms with Crippen molar-refractivity contribution in [3.8, 4) is 0 Å². The highest BCUT2D eigenvalue weighted by Crippen LogP contribution is 2.18. The number of aliphatic hydroxyl groups excluding tert-OH is 2. The van der Waals surface area contributed by atoms with Crippen LogP contribution in [0.25, 0.3) is 0 Å². The molecule has 0 fully saturated rings. The summed E-state index contributed by atoms with van der Waals surface area (Å²) < 4.78 is 5.48. The maximum Gasteiger partial charge on any atom is 0.305 e. The molecule has 418 valence electrons. The van der Waals surface area contributed by atoms with Crippen LogP contribution >= 0.6 is 0 Å². The van der Waals surface area contributed by atoms with Gasteiger partial charge in [-0.3, -0.25) is 9.59 Å². The quantitative estimate of drug-likeness (QED) is 0.0321. The van der Waals surface area contributed by atoms with Crippen LogP contribution in [-0.4, -0.2) is 47.4 Å². The van der Waals surface area contributed by atoms with Gasteiger partial charge in [-0.25, -0.2) is 0 Å². The molecule has 6 nitrogen and oxygen atoms in total. The Bertz CT molecular complexity index is 1150. The molecule has 0 rings (SSSR count). The second kappa shape index (κ2) is 60.6. The van der Waals surface area contributed by atoms with E-state index < -0.39 is 12.1 Å². The molecule has 71 heavy (non-hydrogen) atoms. The molecule has 0 heterocycles. The number of amides is 1. The summed E-state index contributed by atoms with van der Waals surface area (Å²) in [6, 6.07) is -0.631. The number of carbonyl (C=O) groups is 2. The Morgan fingerprint density at radius 1 is 0.394 bits per heavy atom. The molecule has 0 aliphatic heterocycles. The summed E-state index contributed by atoms with van der Waals surface area (Å²) in [7, 11) is 0. The number of ether oxygens (including phenoxy) is 1. The predicted octanol–water partition coefficient (Wildman–Crippen LogP) is 20.0. The summed E-state index contributed by atoms with van der Waals surface area (Å²) >= 11 is 0. The molecule has 0 spiro atoms. The summed E-state index contributed by atoms with van der Waals surface area (Å²) in [5.41, 5.74) is 0. The van der Waals surface area contributed by atoms with E-state index in [0.29, 0.717) is 19.4 Å². The van der Waals surface area contributed by atoms with E-state index in [1.54, 1.807) is 6.08 Å². The highest BCUT2D eigenvalue weighted by Gasteiger charge is 2.18. The third-order valence-electron chi connectivity index (χ3n) is 14.7. The molecule has 0 aromatic heterocycles. The smallest absolute Gasteiger partial charge is 0.305 e. The SMILES string of the molecule is CCCCCC/C=C\C/C=C\CCCCCCCC(=O)OCCCCCCCCCCCCCCCCCCCCCC(=O)NC(CO)C(O)/C=C/CCCCCCCCCCCCCCCCCCC. The molecule has 0 aromatic rings. The summed E-state index contributed by atoms with van der Waals surface area (Å²) in [6.07, 6.45) is 76.1. The van der Waals surface area contributed by atoms with Gasteiger partial charge in [-0.05, 0) is 64.2 Å². The molecular weight excluding hydrogens is 875 g/mol. The predicted molar refractivity (Wildman–Crippen MR) is 310 cm³/mol. The van der Waals surface area contributed by atoms with Crippen LogP contribution in [0, 0.1) is 0 Å². The van der Waals surface area contributed by atoms with Gasteiger partial charge in [-0.15, -0.1) is 0 Å². The van der Waals surface area contributed by atoms with Crippen molar-refractivity contribution in [3.63, 3.8) is 0 Å². The first-order valence-electron chi connectivity index (χ1n) is 31.8. The third kappa shape index (κ3) is 57.2. The number of unbranched alkanes of at least 4 members (excludes halogenated alkanes) is 44. The molecule has 2 unspecified atom stereocenters. The van der Waals surface area contributed by atoms with Crippen LogP contribution in [0.5, 0.6) is 0 Å². The van der Waals surface area contributed by atoms with Crippen molar-refractivity contribution in [1.29, 1.82) is 0 Å². The lowest BCUT2D eigenvalue weighted by atomic mass is 10.0. The van der Waals surface area contributed by atoms with Crippen LogP contribution in [0.2, 0.25) is 0 Å². The van der Waals surface area contributed by atoms with Crippen LogP contribution in [-0.2, 0) is 14.3 Å². The van der Waals surface area contributed by atoms with Crippen LogP contribution in [0.4, 0.5) is 0 Å². The molecule has 2 atom stereocenters. The van der Waals surface area contributed by atoms with Gasteiger partial charge in [0.25, 0.3) is 0 Å². The van der Waals surface area contributed by atoms with Gasteiger partial charge in [-0.2, -0.15) is 0 Å². The van der Waals surface area contributed by atoms with Gasteiger partial charge in [0.1, 0.15) is 0 Å². The van der Waals surface area contributed by atoms with Crippen molar-refractivity contribution < 1.29 is 24.5 Å². The van der Waals surface area contributed by atoms with Gasteiger partial charge in [-0.1, -0.05) is 301 Å². The molecule has 0 aliphatic carbocycles. The molecule has 0 bridgehead atoms. The fourth-order valence-electron chi connectivity index (χ4n) is 9.78. The summed E-state index contributed by atoms with van der Waals surface area (Å²) in [5.74, 6) is -0.0737. The first-order valence-corrected chi connectivity index (χ1v) is 31.8. The Labute approximate surface area is 443 Å². The van der Waals surface area contributed by atoms with Gasteiger partial charge >= 0.3 is 5.97 Å². The van der Waals surface area contributed by atoms with Crippen molar-refractivity contribution >= 4 is 11.9 Å². The van der Waals surface area contributed by atoms with Crippen LogP contribution in [0.3, 0.4) is 0 Å². The maximum atomic E-state index is 12.5. The van der Waals surface area contributed by atoms with Crippen LogP contribution in [0.1, 0.15) is 341 Å². The normalized spacial score (nSPS) is 12.8. The highest BCUT2D eigenvalue weighted by molar-refractivity contribution is 5.76. The second-order valence-electron chi connectivity index (χ2n) is 21.7. The van der Waals surface area contributed by atoms with E-state index >= 15 is 0 Å². The van der Waals surface area contributed by atoms with Gasteiger partial charge in [0.15, 0.2) is 0 Å². The lowest BCUT2D eigenvalue weighted by Crippen LogP contribution is -2.45. The van der Waals surface area contributed by atoms with Crippen LogP contribution < -0.4 is 5.32 Å². The number of allylic oxidation sites excluding steroid dienone is 5. The van der Waals surface area contributed by atoms with Crippen molar-refractivity contribution in [2.75, 3.05) is 13.2 Å². The van der Waals surface area contributed by atoms with Crippen molar-refractivity contribution in [1.82, 2.24) is 5.32 Å². The summed E-state index contributed by atoms with van der Waals surface area (Å²) in [4.78, 5) is 24.6. The minimum atomic E-state index is -0.848. The number of hydrogen-bond acceptors (Lipinski definition) is 5. The largest absolute Gasteiger partial charge is 0.466 e. The Hall–Kier alpha value is -1.92. The minimum absolute atomic E-state index is 0.00488. The van der Waals surface area contributed by atoms with E-state index in [9.17, 15) is 19.8 Å². The number of hydrogen-bond donors (Lipinski definition) is 3. The van der Waals surface area contributed by atoms with Gasteiger partial charge < -0.3 is 20.3 Å². The van der Waals surface area contributed by atoms with Crippen molar-refractivity contribution in [2.45, 2.75) is 353 Å². The average molecular weight is 999 g/mol. The van der Waals surface area contributed by atoms with E-state index in [4.69, 9.17) is 4.74 Å². The standard InChI is InChI=1S/C65H123NO5/c1-3-5-7-9-11-13-15-17-19-21-23-26-29-33-37-41-45-49-53-57-63(68)62(61-67)66-64(69)58-54-50-46-42-38-34-30-27-24-22-25-28-32-36-40-44-48-52-56-60-71-65(70)59-55-51-47-43-39-35-31-20-18-16-14-12-10-8-6-4-2/h14,16,20,31,53,57,62-63,67-68H,3-13,15,17-19,21-30,32-52,54-56,58-61H2,1-2H3,(H,66,69)/b16-14-,31-20-,57-53+. The van der Waals surface area contributed by atoms with E-state index in [1.807, 2.05) is 6.08 Å². The molecule has 0 saturated heterocycles. The Kier molecular flexibility index (Phi) is 59.0.